The Balaban J connectivity index is 1.39. The van der Waals surface area contributed by atoms with Crippen molar-refractivity contribution in [1.82, 2.24) is 0 Å². The van der Waals surface area contributed by atoms with Crippen LogP contribution in [0.5, 0.6) is 0 Å². The quantitative estimate of drug-likeness (QED) is 0.423. The molecule has 0 unspecified atom stereocenters. The van der Waals surface area contributed by atoms with Crippen LogP contribution in [0.25, 0.3) is 0 Å². The van der Waals surface area contributed by atoms with Crippen LogP contribution in [-0.2, 0) is 9.47 Å². The summed E-state index contributed by atoms with van der Waals surface area (Å²) in [4.78, 5) is 0. The minimum atomic E-state index is -0.0948. The van der Waals surface area contributed by atoms with Crippen molar-refractivity contribution < 1.29 is 9.47 Å². The summed E-state index contributed by atoms with van der Waals surface area (Å²) in [6.07, 6.45) is 11.7. The zero-order chi connectivity index (χ0) is 23.7. The topological polar surface area (TPSA) is 42.2 Å². The Labute approximate surface area is 202 Å². The number of rotatable bonds is 1. The summed E-state index contributed by atoms with van der Waals surface area (Å²) in [5.41, 5.74) is 1.43. The molecule has 3 nitrogen and oxygen atoms in total. The Hall–Kier alpha value is -0.590. The summed E-state index contributed by atoms with van der Waals surface area (Å²) in [5.74, 6) is 2.68. The van der Waals surface area contributed by atoms with E-state index in [9.17, 15) is 5.26 Å². The van der Waals surface area contributed by atoms with E-state index in [1.54, 1.807) is 0 Å². The molecule has 2 aliphatic heterocycles. The second-order valence-electron chi connectivity index (χ2n) is 15.2. The van der Waals surface area contributed by atoms with Gasteiger partial charge in [-0.05, 0) is 109 Å². The van der Waals surface area contributed by atoms with Crippen molar-refractivity contribution in [2.45, 2.75) is 124 Å². The SMILES string of the molecule is CC1(C)CC[C@]23CC[C@]4(C)[C@H](CC[C@@H]5[C@@]6(C)O[C@H](CC#N)C(C)(C)[C@@H]6CC[C@]54C)[C@H]2[C@H]1OC3. The van der Waals surface area contributed by atoms with Gasteiger partial charge in [0.1, 0.15) is 0 Å². The van der Waals surface area contributed by atoms with Gasteiger partial charge in [-0.15, -0.1) is 0 Å². The second kappa shape index (κ2) is 6.59. The van der Waals surface area contributed by atoms with Gasteiger partial charge in [0.05, 0.1) is 36.9 Å². The standard InChI is InChI=1S/C30H47NO2/c1-25(2)13-15-30-16-14-27(5)19(23(30)24(25)32-18-30)8-9-21-28(27,6)12-10-20-26(3,4)22(11-17-31)33-29(20,21)7/h19-24H,8-16,18H2,1-7H3/t19-,20+,21+,22-,23+,24-,27-,28-,29+,30-/m1/s1. The highest BCUT2D eigenvalue weighted by Crippen LogP contribution is 2.77. The highest BCUT2D eigenvalue weighted by molar-refractivity contribution is 5.22. The van der Waals surface area contributed by atoms with E-state index >= 15 is 0 Å². The van der Waals surface area contributed by atoms with Gasteiger partial charge < -0.3 is 9.47 Å². The van der Waals surface area contributed by atoms with Crippen LogP contribution >= 0.6 is 0 Å². The molecule has 2 heterocycles. The molecule has 4 aliphatic carbocycles. The molecule has 0 amide bonds. The number of hydrogen-bond donors (Lipinski definition) is 0. The highest BCUT2D eigenvalue weighted by atomic mass is 16.5. The maximum atomic E-state index is 9.52. The molecule has 6 fully saturated rings. The van der Waals surface area contributed by atoms with Crippen molar-refractivity contribution in [3.8, 4) is 6.07 Å². The van der Waals surface area contributed by atoms with Gasteiger partial charge in [0.15, 0.2) is 0 Å². The lowest BCUT2D eigenvalue weighted by Gasteiger charge is -2.70. The van der Waals surface area contributed by atoms with E-state index in [0.717, 1.165) is 18.4 Å². The zero-order valence-electron chi connectivity index (χ0n) is 22.3. The van der Waals surface area contributed by atoms with E-state index in [4.69, 9.17) is 9.47 Å². The Morgan fingerprint density at radius 2 is 1.55 bits per heavy atom. The van der Waals surface area contributed by atoms with Gasteiger partial charge >= 0.3 is 0 Å². The fourth-order valence-electron chi connectivity index (χ4n) is 11.5. The van der Waals surface area contributed by atoms with Crippen molar-refractivity contribution in [2.75, 3.05) is 6.61 Å². The molecule has 0 spiro atoms. The van der Waals surface area contributed by atoms with Crippen molar-refractivity contribution in [3.63, 3.8) is 0 Å². The smallest absolute Gasteiger partial charge is 0.0767 e. The van der Waals surface area contributed by atoms with Crippen LogP contribution in [-0.4, -0.2) is 24.4 Å². The first-order valence-electron chi connectivity index (χ1n) is 14.0. The molecule has 184 valence electrons. The third kappa shape index (κ3) is 2.54. The normalized spacial score (nSPS) is 57.9. The van der Waals surface area contributed by atoms with E-state index in [2.05, 4.69) is 54.5 Å². The Morgan fingerprint density at radius 3 is 2.27 bits per heavy atom. The largest absolute Gasteiger partial charge is 0.377 e. The van der Waals surface area contributed by atoms with E-state index in [-0.39, 0.29) is 17.1 Å². The maximum absolute atomic E-state index is 9.52. The fourth-order valence-corrected chi connectivity index (χ4v) is 11.5. The first-order valence-corrected chi connectivity index (χ1v) is 14.0. The van der Waals surface area contributed by atoms with Gasteiger partial charge in [-0.1, -0.05) is 41.5 Å². The number of ether oxygens (including phenoxy) is 2. The van der Waals surface area contributed by atoms with Crippen LogP contribution in [0.15, 0.2) is 0 Å². The van der Waals surface area contributed by atoms with Crippen molar-refractivity contribution >= 4 is 0 Å². The van der Waals surface area contributed by atoms with Gasteiger partial charge in [-0.3, -0.25) is 0 Å². The Morgan fingerprint density at radius 1 is 0.818 bits per heavy atom. The number of nitriles is 1. The summed E-state index contributed by atoms with van der Waals surface area (Å²) in [6.45, 7) is 18.5. The molecule has 3 heteroatoms. The second-order valence-corrected chi connectivity index (χ2v) is 15.2. The van der Waals surface area contributed by atoms with E-state index in [1.807, 2.05) is 0 Å². The first-order chi connectivity index (χ1) is 15.4. The molecule has 0 radical (unpaired) electrons. The Kier molecular flexibility index (Phi) is 4.56. The highest BCUT2D eigenvalue weighted by Gasteiger charge is 2.74. The molecule has 2 saturated heterocycles. The van der Waals surface area contributed by atoms with Crippen molar-refractivity contribution in [1.29, 1.82) is 5.26 Å². The van der Waals surface area contributed by atoms with Gasteiger partial charge in [0, 0.05) is 0 Å². The predicted molar refractivity (Wildman–Crippen MR) is 130 cm³/mol. The monoisotopic (exact) mass is 453 g/mol. The van der Waals surface area contributed by atoms with E-state index < -0.39 is 0 Å². The lowest BCUT2D eigenvalue weighted by molar-refractivity contribution is -0.244. The summed E-state index contributed by atoms with van der Waals surface area (Å²) < 4.78 is 13.7. The molecule has 0 aromatic heterocycles. The molecule has 0 N–H and O–H groups in total. The molecule has 10 atom stereocenters. The van der Waals surface area contributed by atoms with Gasteiger partial charge in [-0.25, -0.2) is 0 Å². The molecular formula is C30H47NO2. The summed E-state index contributed by atoms with van der Waals surface area (Å²) >= 11 is 0. The average Bonchev–Trinajstić information content (AvgIpc) is 3.17. The van der Waals surface area contributed by atoms with Crippen LogP contribution < -0.4 is 0 Å². The maximum Gasteiger partial charge on any atom is 0.0767 e. The van der Waals surface area contributed by atoms with Gasteiger partial charge in [-0.2, -0.15) is 5.26 Å². The minimum absolute atomic E-state index is 0.0726. The molecule has 0 aromatic carbocycles. The molecular weight excluding hydrogens is 406 g/mol. The minimum Gasteiger partial charge on any atom is -0.377 e. The van der Waals surface area contributed by atoms with Crippen molar-refractivity contribution in [3.05, 3.63) is 0 Å². The van der Waals surface area contributed by atoms with Gasteiger partial charge in [0.2, 0.25) is 0 Å². The lowest BCUT2D eigenvalue weighted by Crippen LogP contribution is -2.67. The molecule has 33 heavy (non-hydrogen) atoms. The first kappa shape index (κ1) is 22.8. The molecule has 6 rings (SSSR count). The van der Waals surface area contributed by atoms with Crippen LogP contribution in [0.1, 0.15) is 106 Å². The lowest BCUT2D eigenvalue weighted by atomic mass is 9.34. The predicted octanol–water partition coefficient (Wildman–Crippen LogP) is 7.15. The number of nitrogens with zero attached hydrogens (tertiary/aromatic N) is 1. The third-order valence-corrected chi connectivity index (χ3v) is 13.6. The van der Waals surface area contributed by atoms with E-state index in [1.165, 1.54) is 51.4 Å². The van der Waals surface area contributed by atoms with Crippen LogP contribution in [0, 0.1) is 62.1 Å². The summed E-state index contributed by atoms with van der Waals surface area (Å²) in [6, 6.07) is 2.44. The van der Waals surface area contributed by atoms with Gasteiger partial charge in [0.25, 0.3) is 0 Å². The van der Waals surface area contributed by atoms with E-state index in [0.29, 0.717) is 46.0 Å². The summed E-state index contributed by atoms with van der Waals surface area (Å²) in [5, 5.41) is 9.52. The zero-order valence-corrected chi connectivity index (χ0v) is 22.3. The number of fused-ring (bicyclic) bond motifs is 5. The average molecular weight is 454 g/mol. The van der Waals surface area contributed by atoms with Crippen molar-refractivity contribution in [2.24, 2.45) is 50.7 Å². The Bertz CT molecular complexity index is 888. The fraction of sp³-hybridized carbons (Fsp3) is 0.967. The number of hydrogen-bond acceptors (Lipinski definition) is 3. The van der Waals surface area contributed by atoms with Crippen LogP contribution in [0.2, 0.25) is 0 Å². The molecule has 6 aliphatic rings. The molecule has 4 saturated carbocycles. The summed E-state index contributed by atoms with van der Waals surface area (Å²) in [7, 11) is 0. The molecule has 0 aromatic rings. The van der Waals surface area contributed by atoms with Crippen LogP contribution in [0.3, 0.4) is 0 Å². The van der Waals surface area contributed by atoms with Crippen LogP contribution in [0.4, 0.5) is 0 Å². The molecule has 2 bridgehead atoms. The third-order valence-electron chi connectivity index (χ3n) is 13.6.